The molecule has 0 aliphatic carbocycles. The number of anilines is 1. The molecular weight excluding hydrogens is 310 g/mol. The van der Waals surface area contributed by atoms with Gasteiger partial charge in [0.2, 0.25) is 0 Å². The molecule has 3 nitrogen and oxygen atoms in total. The van der Waals surface area contributed by atoms with Crippen molar-refractivity contribution < 1.29 is 9.90 Å². The quantitative estimate of drug-likeness (QED) is 0.881. The molecule has 0 aromatic heterocycles. The summed E-state index contributed by atoms with van der Waals surface area (Å²) in [6.07, 6.45) is 1.94. The molecular formula is C19H20ClNO2. The van der Waals surface area contributed by atoms with Crippen LogP contribution in [0.15, 0.2) is 42.5 Å². The lowest BCUT2D eigenvalue weighted by Gasteiger charge is -2.27. The van der Waals surface area contributed by atoms with Gasteiger partial charge in [-0.1, -0.05) is 43.6 Å². The van der Waals surface area contributed by atoms with Gasteiger partial charge in [-0.3, -0.25) is 4.79 Å². The number of rotatable bonds is 3. The number of halogens is 1. The van der Waals surface area contributed by atoms with E-state index in [1.165, 1.54) is 17.7 Å². The number of carbonyl (C=O) groups is 1. The van der Waals surface area contributed by atoms with Crippen LogP contribution >= 0.6 is 11.6 Å². The van der Waals surface area contributed by atoms with E-state index < -0.39 is 0 Å². The second-order valence-electron chi connectivity index (χ2n) is 6.06. The van der Waals surface area contributed by atoms with Crippen LogP contribution in [0.2, 0.25) is 5.02 Å². The van der Waals surface area contributed by atoms with Gasteiger partial charge in [-0.15, -0.1) is 0 Å². The summed E-state index contributed by atoms with van der Waals surface area (Å²) in [4.78, 5) is 14.8. The molecule has 0 bridgehead atoms. The molecule has 120 valence electrons. The van der Waals surface area contributed by atoms with Crippen LogP contribution in [0.3, 0.4) is 0 Å². The first-order chi connectivity index (χ1) is 11.0. The van der Waals surface area contributed by atoms with Gasteiger partial charge in [0.05, 0.1) is 10.6 Å². The maximum atomic E-state index is 13.0. The summed E-state index contributed by atoms with van der Waals surface area (Å²) >= 11 is 6.18. The molecule has 0 unspecified atom stereocenters. The van der Waals surface area contributed by atoms with Gasteiger partial charge in [0, 0.05) is 17.6 Å². The lowest BCUT2D eigenvalue weighted by Crippen LogP contribution is -2.36. The third-order valence-electron chi connectivity index (χ3n) is 5.01. The first-order valence-corrected chi connectivity index (χ1v) is 8.30. The Bertz CT molecular complexity index is 753. The molecule has 2 aromatic rings. The molecule has 1 aliphatic heterocycles. The number of fused-ring (bicyclic) bond motifs is 1. The molecule has 23 heavy (non-hydrogen) atoms. The van der Waals surface area contributed by atoms with E-state index in [2.05, 4.69) is 19.9 Å². The van der Waals surface area contributed by atoms with Gasteiger partial charge in [-0.05, 0) is 42.7 Å². The maximum absolute atomic E-state index is 13.0. The minimum absolute atomic E-state index is 0.0183. The zero-order valence-electron chi connectivity index (χ0n) is 13.3. The third-order valence-corrected chi connectivity index (χ3v) is 5.34. The predicted octanol–water partition coefficient (Wildman–Crippen LogP) is 4.76. The van der Waals surface area contributed by atoms with E-state index in [1.54, 1.807) is 11.0 Å². The van der Waals surface area contributed by atoms with Crippen molar-refractivity contribution in [3.8, 4) is 5.75 Å². The highest BCUT2D eigenvalue weighted by Gasteiger charge is 2.42. The first kappa shape index (κ1) is 15.9. The molecule has 0 saturated carbocycles. The van der Waals surface area contributed by atoms with Gasteiger partial charge in [0.25, 0.3) is 5.91 Å². The number of para-hydroxylation sites is 1. The number of amides is 1. The number of phenols is 1. The maximum Gasteiger partial charge on any atom is 0.259 e. The monoisotopic (exact) mass is 329 g/mol. The van der Waals surface area contributed by atoms with Crippen molar-refractivity contribution in [2.24, 2.45) is 0 Å². The van der Waals surface area contributed by atoms with E-state index in [0.29, 0.717) is 17.1 Å². The Labute approximate surface area is 141 Å². The van der Waals surface area contributed by atoms with E-state index >= 15 is 0 Å². The van der Waals surface area contributed by atoms with Crippen molar-refractivity contribution in [1.29, 1.82) is 0 Å². The van der Waals surface area contributed by atoms with Crippen LogP contribution in [-0.4, -0.2) is 17.6 Å². The molecule has 0 saturated heterocycles. The van der Waals surface area contributed by atoms with E-state index in [1.807, 2.05) is 18.2 Å². The molecule has 4 heteroatoms. The largest absolute Gasteiger partial charge is 0.508 e. The highest BCUT2D eigenvalue weighted by atomic mass is 35.5. The highest BCUT2D eigenvalue weighted by molar-refractivity contribution is 6.34. The number of aromatic hydroxyl groups is 1. The van der Waals surface area contributed by atoms with E-state index in [9.17, 15) is 9.90 Å². The van der Waals surface area contributed by atoms with E-state index in [0.717, 1.165) is 18.5 Å². The summed E-state index contributed by atoms with van der Waals surface area (Å²) in [7, 11) is 0. The lowest BCUT2D eigenvalue weighted by molar-refractivity contribution is 0.0984. The second-order valence-corrected chi connectivity index (χ2v) is 6.47. The Morgan fingerprint density at radius 3 is 2.61 bits per heavy atom. The normalized spacial score (nSPS) is 15.5. The topological polar surface area (TPSA) is 40.5 Å². The van der Waals surface area contributed by atoms with Gasteiger partial charge in [-0.25, -0.2) is 0 Å². The van der Waals surface area contributed by atoms with Gasteiger partial charge < -0.3 is 10.0 Å². The Morgan fingerprint density at radius 2 is 1.91 bits per heavy atom. The Hall–Kier alpha value is -2.00. The molecule has 0 atom stereocenters. The Kier molecular flexibility index (Phi) is 4.07. The van der Waals surface area contributed by atoms with Gasteiger partial charge in [-0.2, -0.15) is 0 Å². The van der Waals surface area contributed by atoms with Crippen LogP contribution in [0.1, 0.15) is 42.6 Å². The SMILES string of the molecule is CCC1(CC)CN(C(=O)c2cc(O)ccc2Cl)c2ccccc21. The molecule has 0 fully saturated rings. The van der Waals surface area contributed by atoms with Gasteiger partial charge >= 0.3 is 0 Å². The number of carbonyl (C=O) groups excluding carboxylic acids is 1. The fourth-order valence-electron chi connectivity index (χ4n) is 3.49. The second kappa shape index (κ2) is 5.89. The summed E-state index contributed by atoms with van der Waals surface area (Å²) in [5.41, 5.74) is 2.48. The summed E-state index contributed by atoms with van der Waals surface area (Å²) in [5, 5.41) is 10.0. The number of nitrogens with zero attached hydrogens (tertiary/aromatic N) is 1. The van der Waals surface area contributed by atoms with E-state index in [-0.39, 0.29) is 17.1 Å². The van der Waals surface area contributed by atoms with Gasteiger partial charge in [0.1, 0.15) is 5.75 Å². The highest BCUT2D eigenvalue weighted by Crippen LogP contribution is 2.45. The number of hydrogen-bond acceptors (Lipinski definition) is 2. The average Bonchev–Trinajstić information content (AvgIpc) is 2.92. The van der Waals surface area contributed by atoms with Gasteiger partial charge in [0.15, 0.2) is 0 Å². The van der Waals surface area contributed by atoms with Crippen molar-refractivity contribution in [2.45, 2.75) is 32.1 Å². The predicted molar refractivity (Wildman–Crippen MR) is 93.5 cm³/mol. The van der Waals surface area contributed by atoms with Crippen LogP contribution in [0.25, 0.3) is 0 Å². The summed E-state index contributed by atoms with van der Waals surface area (Å²) < 4.78 is 0. The molecule has 0 spiro atoms. The van der Waals surface area contributed by atoms with Crippen LogP contribution in [0.4, 0.5) is 5.69 Å². The summed E-state index contributed by atoms with van der Waals surface area (Å²) in [5.74, 6) is -0.121. The van der Waals surface area contributed by atoms with Crippen LogP contribution < -0.4 is 4.90 Å². The number of phenolic OH excluding ortho intramolecular Hbond substituents is 1. The average molecular weight is 330 g/mol. The number of benzene rings is 2. The third kappa shape index (κ3) is 2.49. The van der Waals surface area contributed by atoms with Crippen molar-refractivity contribution in [3.05, 3.63) is 58.6 Å². The smallest absolute Gasteiger partial charge is 0.259 e. The standard InChI is InChI=1S/C19H20ClNO2/c1-3-19(4-2)12-21(17-8-6-5-7-15(17)19)18(23)14-11-13(22)9-10-16(14)20/h5-11,22H,3-4,12H2,1-2H3. The van der Waals surface area contributed by atoms with Crippen LogP contribution in [0.5, 0.6) is 5.75 Å². The van der Waals surface area contributed by atoms with Crippen LogP contribution in [0, 0.1) is 0 Å². The summed E-state index contributed by atoms with van der Waals surface area (Å²) in [6, 6.07) is 12.5. The number of hydrogen-bond donors (Lipinski definition) is 1. The molecule has 1 amide bonds. The Morgan fingerprint density at radius 1 is 1.22 bits per heavy atom. The Balaban J connectivity index is 2.08. The zero-order chi connectivity index (χ0) is 16.6. The molecule has 2 aromatic carbocycles. The molecule has 1 aliphatic rings. The van der Waals surface area contributed by atoms with Crippen molar-refractivity contribution in [2.75, 3.05) is 11.4 Å². The molecule has 0 radical (unpaired) electrons. The molecule has 1 N–H and O–H groups in total. The minimum Gasteiger partial charge on any atom is -0.508 e. The fraction of sp³-hybridized carbons (Fsp3) is 0.316. The molecule has 1 heterocycles. The minimum atomic E-state index is -0.165. The van der Waals surface area contributed by atoms with Crippen molar-refractivity contribution in [3.63, 3.8) is 0 Å². The van der Waals surface area contributed by atoms with E-state index in [4.69, 9.17) is 11.6 Å². The van der Waals surface area contributed by atoms with Crippen molar-refractivity contribution in [1.82, 2.24) is 0 Å². The first-order valence-electron chi connectivity index (χ1n) is 7.92. The lowest BCUT2D eigenvalue weighted by atomic mass is 9.78. The fourth-order valence-corrected chi connectivity index (χ4v) is 3.69. The van der Waals surface area contributed by atoms with Crippen LogP contribution in [-0.2, 0) is 5.41 Å². The summed E-state index contributed by atoms with van der Waals surface area (Å²) in [6.45, 7) is 4.97. The molecule has 3 rings (SSSR count). The van der Waals surface area contributed by atoms with Crippen molar-refractivity contribution >= 4 is 23.2 Å². The zero-order valence-corrected chi connectivity index (χ0v) is 14.1.